The Balaban J connectivity index is 1.78. The highest BCUT2D eigenvalue weighted by Gasteiger charge is 2.19. The van der Waals surface area contributed by atoms with Gasteiger partial charge in [-0.2, -0.15) is 0 Å². The molecule has 0 spiro atoms. The van der Waals surface area contributed by atoms with E-state index in [1.54, 1.807) is 11.3 Å². The number of para-hydroxylation sites is 1. The van der Waals surface area contributed by atoms with Crippen molar-refractivity contribution in [3.63, 3.8) is 0 Å². The average Bonchev–Trinajstić information content (AvgIpc) is 3.10. The molecule has 0 radical (unpaired) electrons. The first-order chi connectivity index (χ1) is 15.4. The van der Waals surface area contributed by atoms with Crippen molar-refractivity contribution in [1.29, 1.82) is 0 Å². The molecule has 0 saturated heterocycles. The Bertz CT molecular complexity index is 1290. The molecule has 5 heteroatoms. The predicted octanol–water partition coefficient (Wildman–Crippen LogP) is 8.61. The van der Waals surface area contributed by atoms with Crippen LogP contribution >= 0.6 is 22.9 Å². The van der Waals surface area contributed by atoms with Crippen LogP contribution in [0.3, 0.4) is 0 Å². The van der Waals surface area contributed by atoms with E-state index < -0.39 is 0 Å². The zero-order chi connectivity index (χ0) is 22.8. The van der Waals surface area contributed by atoms with Crippen molar-refractivity contribution in [2.75, 3.05) is 10.6 Å². The van der Waals surface area contributed by atoms with Gasteiger partial charge >= 0.3 is 6.03 Å². The average molecular weight is 463 g/mol. The minimum absolute atomic E-state index is 0.242. The molecule has 1 heterocycles. The zero-order valence-corrected chi connectivity index (χ0v) is 20.4. The van der Waals surface area contributed by atoms with E-state index in [1.807, 2.05) is 30.3 Å². The maximum atomic E-state index is 13.1. The molecule has 0 aliphatic heterocycles. The predicted molar refractivity (Wildman–Crippen MR) is 140 cm³/mol. The molecule has 2 N–H and O–H groups in total. The Labute approximate surface area is 198 Å². The fraction of sp³-hybridized carbons (Fsp3) is 0.222. The molecule has 4 rings (SSSR count). The number of amides is 2. The summed E-state index contributed by atoms with van der Waals surface area (Å²) in [6, 6.07) is 18.1. The molecule has 0 saturated carbocycles. The second-order valence-electron chi connectivity index (χ2n) is 7.96. The van der Waals surface area contributed by atoms with Gasteiger partial charge in [-0.1, -0.05) is 61.8 Å². The summed E-state index contributed by atoms with van der Waals surface area (Å²) in [6.45, 7) is 8.42. The third kappa shape index (κ3) is 4.25. The molecule has 32 heavy (non-hydrogen) atoms. The van der Waals surface area contributed by atoms with E-state index >= 15 is 0 Å². The summed E-state index contributed by atoms with van der Waals surface area (Å²) in [4.78, 5) is 13.1. The van der Waals surface area contributed by atoms with Gasteiger partial charge in [0.25, 0.3) is 0 Å². The lowest BCUT2D eigenvalue weighted by Crippen LogP contribution is -2.21. The van der Waals surface area contributed by atoms with Crippen LogP contribution in [0.4, 0.5) is 15.5 Å². The number of hydrogen-bond donors (Lipinski definition) is 2. The zero-order valence-electron chi connectivity index (χ0n) is 18.8. The largest absolute Gasteiger partial charge is 0.324 e. The van der Waals surface area contributed by atoms with Gasteiger partial charge in [0.2, 0.25) is 0 Å². The summed E-state index contributed by atoms with van der Waals surface area (Å²) in [6.07, 6.45) is 1.71. The number of halogens is 1. The third-order valence-corrected chi connectivity index (χ3v) is 7.31. The van der Waals surface area contributed by atoms with Crippen LogP contribution in [0, 0.1) is 13.8 Å². The molecule has 0 aliphatic carbocycles. The molecule has 0 unspecified atom stereocenters. The van der Waals surface area contributed by atoms with E-state index in [2.05, 4.69) is 62.6 Å². The van der Waals surface area contributed by atoms with E-state index in [0.717, 1.165) is 55.9 Å². The number of aryl methyl sites for hydroxylation is 4. The highest BCUT2D eigenvalue weighted by molar-refractivity contribution is 7.23. The molecule has 0 aliphatic rings. The third-order valence-electron chi connectivity index (χ3n) is 5.91. The Morgan fingerprint density at radius 1 is 0.906 bits per heavy atom. The highest BCUT2D eigenvalue weighted by atomic mass is 35.5. The summed E-state index contributed by atoms with van der Waals surface area (Å²) in [5.74, 6) is 0. The van der Waals surface area contributed by atoms with Crippen molar-refractivity contribution in [1.82, 2.24) is 0 Å². The number of benzene rings is 3. The Morgan fingerprint density at radius 2 is 1.56 bits per heavy atom. The summed E-state index contributed by atoms with van der Waals surface area (Å²) in [7, 11) is 0. The van der Waals surface area contributed by atoms with Crippen LogP contribution in [0.25, 0.3) is 21.2 Å². The molecular formula is C27H27ClN2OS. The molecule has 0 bridgehead atoms. The molecule has 2 amide bonds. The minimum Gasteiger partial charge on any atom is -0.307 e. The van der Waals surface area contributed by atoms with Gasteiger partial charge in [0.05, 0.1) is 0 Å². The fourth-order valence-corrected chi connectivity index (χ4v) is 5.45. The first-order valence-electron chi connectivity index (χ1n) is 10.9. The van der Waals surface area contributed by atoms with Crippen molar-refractivity contribution >= 4 is 49.7 Å². The smallest absolute Gasteiger partial charge is 0.307 e. The number of urea groups is 1. The standard InChI is InChI=1S/C27H27ClN2OS/c1-5-18-10-9-11-19(6-2)25(18)29-27(31)30-26-24(20-12-7-8-13-22(20)28)21-14-16(3)17(4)15-23(21)32-26/h7-15H,5-6H2,1-4H3,(H2,29,30,31). The second kappa shape index (κ2) is 9.35. The summed E-state index contributed by atoms with van der Waals surface area (Å²) < 4.78 is 1.13. The van der Waals surface area contributed by atoms with Gasteiger partial charge < -0.3 is 5.32 Å². The van der Waals surface area contributed by atoms with Crippen LogP contribution in [0.1, 0.15) is 36.1 Å². The summed E-state index contributed by atoms with van der Waals surface area (Å²) in [5, 5.41) is 8.80. The van der Waals surface area contributed by atoms with Crippen LogP contribution < -0.4 is 10.6 Å². The highest BCUT2D eigenvalue weighted by Crippen LogP contribution is 2.45. The van der Waals surface area contributed by atoms with Crippen molar-refractivity contribution < 1.29 is 4.79 Å². The van der Waals surface area contributed by atoms with Gasteiger partial charge in [-0.25, -0.2) is 4.79 Å². The lowest BCUT2D eigenvalue weighted by atomic mass is 10.0. The van der Waals surface area contributed by atoms with E-state index in [9.17, 15) is 4.79 Å². The summed E-state index contributed by atoms with van der Waals surface area (Å²) in [5.41, 5.74) is 7.49. The monoisotopic (exact) mass is 462 g/mol. The van der Waals surface area contributed by atoms with Crippen molar-refractivity contribution in [2.24, 2.45) is 0 Å². The van der Waals surface area contributed by atoms with Gasteiger partial charge in [-0.05, 0) is 67.1 Å². The van der Waals surface area contributed by atoms with E-state index in [-0.39, 0.29) is 6.03 Å². The molecule has 164 valence electrons. The van der Waals surface area contributed by atoms with Gasteiger partial charge in [-0.15, -0.1) is 11.3 Å². The van der Waals surface area contributed by atoms with Gasteiger partial charge in [0.15, 0.2) is 0 Å². The number of fused-ring (bicyclic) bond motifs is 1. The molecular weight excluding hydrogens is 436 g/mol. The van der Waals surface area contributed by atoms with Gasteiger partial charge in [0, 0.05) is 31.9 Å². The fourth-order valence-electron chi connectivity index (χ4n) is 4.02. The molecule has 3 nitrogen and oxygen atoms in total. The Kier molecular flexibility index (Phi) is 6.54. The minimum atomic E-state index is -0.242. The SMILES string of the molecule is CCc1cccc(CC)c1NC(=O)Nc1sc2cc(C)c(C)cc2c1-c1ccccc1Cl. The number of rotatable bonds is 5. The van der Waals surface area contributed by atoms with Crippen molar-refractivity contribution in [3.05, 3.63) is 81.9 Å². The van der Waals surface area contributed by atoms with Crippen LogP contribution in [0.15, 0.2) is 54.6 Å². The number of anilines is 2. The van der Waals surface area contributed by atoms with E-state index in [0.29, 0.717) is 5.02 Å². The number of carbonyl (C=O) groups is 1. The lowest BCUT2D eigenvalue weighted by Gasteiger charge is -2.15. The molecule has 0 fully saturated rings. The van der Waals surface area contributed by atoms with Crippen molar-refractivity contribution in [2.45, 2.75) is 40.5 Å². The normalized spacial score (nSPS) is 11.0. The second-order valence-corrected chi connectivity index (χ2v) is 9.42. The maximum absolute atomic E-state index is 13.1. The molecule has 4 aromatic rings. The maximum Gasteiger partial charge on any atom is 0.324 e. The first kappa shape index (κ1) is 22.4. The van der Waals surface area contributed by atoms with Crippen LogP contribution in [0.2, 0.25) is 5.02 Å². The lowest BCUT2D eigenvalue weighted by molar-refractivity contribution is 0.262. The van der Waals surface area contributed by atoms with Crippen LogP contribution in [0.5, 0.6) is 0 Å². The van der Waals surface area contributed by atoms with Gasteiger partial charge in [-0.3, -0.25) is 5.32 Å². The van der Waals surface area contributed by atoms with Crippen molar-refractivity contribution in [3.8, 4) is 11.1 Å². The Morgan fingerprint density at radius 3 is 2.22 bits per heavy atom. The van der Waals surface area contributed by atoms with Gasteiger partial charge in [0.1, 0.15) is 5.00 Å². The van der Waals surface area contributed by atoms with E-state index in [1.165, 1.54) is 11.1 Å². The quantitative estimate of drug-likeness (QED) is 0.306. The Hall–Kier alpha value is -2.82. The molecule has 3 aromatic carbocycles. The topological polar surface area (TPSA) is 41.1 Å². The number of nitrogens with one attached hydrogen (secondary N) is 2. The van der Waals surface area contributed by atoms with E-state index in [4.69, 9.17) is 11.6 Å². The first-order valence-corrected chi connectivity index (χ1v) is 12.1. The van der Waals surface area contributed by atoms with Crippen LogP contribution in [-0.2, 0) is 12.8 Å². The molecule has 1 aromatic heterocycles. The number of hydrogen-bond acceptors (Lipinski definition) is 2. The summed E-state index contributed by atoms with van der Waals surface area (Å²) >= 11 is 8.16. The number of thiophene rings is 1. The van der Waals surface area contributed by atoms with Crippen LogP contribution in [-0.4, -0.2) is 6.03 Å². The molecule has 0 atom stereocenters. The number of carbonyl (C=O) groups excluding carboxylic acids is 1.